The zero-order valence-electron chi connectivity index (χ0n) is 11.2. The first-order valence-corrected chi connectivity index (χ1v) is 6.78. The van der Waals surface area contributed by atoms with Crippen molar-refractivity contribution >= 4 is 5.82 Å². The molecule has 1 aliphatic rings. The summed E-state index contributed by atoms with van der Waals surface area (Å²) in [6, 6.07) is 12.7. The van der Waals surface area contributed by atoms with E-state index in [1.807, 2.05) is 19.2 Å². The van der Waals surface area contributed by atoms with Gasteiger partial charge in [-0.2, -0.15) is 0 Å². The van der Waals surface area contributed by atoms with Crippen molar-refractivity contribution in [2.24, 2.45) is 5.73 Å². The van der Waals surface area contributed by atoms with E-state index >= 15 is 0 Å². The van der Waals surface area contributed by atoms with Gasteiger partial charge in [0.2, 0.25) is 0 Å². The molecule has 1 aromatic carbocycles. The zero-order valence-corrected chi connectivity index (χ0v) is 11.2. The topological polar surface area (TPSA) is 42.1 Å². The standard InChI is InChI=1S/C16H19N3/c1-12(17)15-7-4-9-18-16(15)19-10-8-13-5-2-3-6-14(13)11-19/h2-7,9,12H,8,10-11,17H2,1H3. The Morgan fingerprint density at radius 2 is 1.95 bits per heavy atom. The highest BCUT2D eigenvalue weighted by atomic mass is 15.2. The molecular formula is C16H19N3. The molecule has 19 heavy (non-hydrogen) atoms. The summed E-state index contributed by atoms with van der Waals surface area (Å²) in [6.07, 6.45) is 2.92. The van der Waals surface area contributed by atoms with Crippen LogP contribution in [0, 0.1) is 0 Å². The summed E-state index contributed by atoms with van der Waals surface area (Å²) in [5.74, 6) is 1.03. The molecule has 0 spiro atoms. The van der Waals surface area contributed by atoms with Crippen LogP contribution in [0.3, 0.4) is 0 Å². The minimum Gasteiger partial charge on any atom is -0.352 e. The number of rotatable bonds is 2. The van der Waals surface area contributed by atoms with Crippen molar-refractivity contribution in [2.45, 2.75) is 25.9 Å². The lowest BCUT2D eigenvalue weighted by atomic mass is 9.99. The van der Waals surface area contributed by atoms with Gasteiger partial charge in [0.25, 0.3) is 0 Å². The van der Waals surface area contributed by atoms with Crippen molar-refractivity contribution in [3.63, 3.8) is 0 Å². The highest BCUT2D eigenvalue weighted by Gasteiger charge is 2.20. The fourth-order valence-corrected chi connectivity index (χ4v) is 2.71. The van der Waals surface area contributed by atoms with E-state index < -0.39 is 0 Å². The predicted molar refractivity (Wildman–Crippen MR) is 78.0 cm³/mol. The minimum absolute atomic E-state index is 0.0147. The number of nitrogens with zero attached hydrogens (tertiary/aromatic N) is 2. The van der Waals surface area contributed by atoms with Gasteiger partial charge in [-0.25, -0.2) is 4.98 Å². The number of fused-ring (bicyclic) bond motifs is 1. The van der Waals surface area contributed by atoms with Crippen LogP contribution in [0.25, 0.3) is 0 Å². The lowest BCUT2D eigenvalue weighted by Crippen LogP contribution is -2.32. The molecule has 2 N–H and O–H groups in total. The molecule has 98 valence electrons. The molecule has 3 heteroatoms. The van der Waals surface area contributed by atoms with Crippen LogP contribution in [0.2, 0.25) is 0 Å². The first-order chi connectivity index (χ1) is 9.25. The summed E-state index contributed by atoms with van der Waals surface area (Å²) in [5, 5.41) is 0. The quantitative estimate of drug-likeness (QED) is 0.894. The van der Waals surface area contributed by atoms with Gasteiger partial charge in [0.15, 0.2) is 0 Å². The number of aromatic nitrogens is 1. The van der Waals surface area contributed by atoms with Gasteiger partial charge in [-0.05, 0) is 30.5 Å². The number of benzene rings is 1. The number of nitrogens with two attached hydrogens (primary N) is 1. The highest BCUT2D eigenvalue weighted by molar-refractivity contribution is 5.50. The molecule has 0 saturated heterocycles. The molecule has 0 saturated carbocycles. The van der Waals surface area contributed by atoms with Crippen LogP contribution in [0.5, 0.6) is 0 Å². The van der Waals surface area contributed by atoms with E-state index in [0.717, 1.165) is 30.9 Å². The minimum atomic E-state index is 0.0147. The fourth-order valence-electron chi connectivity index (χ4n) is 2.71. The second kappa shape index (κ2) is 5.02. The van der Waals surface area contributed by atoms with Gasteiger partial charge in [0.05, 0.1) is 0 Å². The van der Waals surface area contributed by atoms with Crippen LogP contribution < -0.4 is 10.6 Å². The van der Waals surface area contributed by atoms with Crippen LogP contribution in [0.1, 0.15) is 29.7 Å². The summed E-state index contributed by atoms with van der Waals surface area (Å²) in [6.45, 7) is 3.94. The molecule has 0 fully saturated rings. The molecule has 1 atom stereocenters. The Kier molecular flexibility index (Phi) is 3.22. The van der Waals surface area contributed by atoms with Gasteiger partial charge in [0.1, 0.15) is 5.82 Å². The van der Waals surface area contributed by atoms with Crippen LogP contribution in [-0.2, 0) is 13.0 Å². The molecule has 0 radical (unpaired) electrons. The molecular weight excluding hydrogens is 234 g/mol. The largest absolute Gasteiger partial charge is 0.352 e. The normalized spacial score (nSPS) is 16.0. The van der Waals surface area contributed by atoms with E-state index in [1.54, 1.807) is 0 Å². The lowest BCUT2D eigenvalue weighted by molar-refractivity contribution is 0.703. The summed E-state index contributed by atoms with van der Waals surface area (Å²) < 4.78 is 0. The van der Waals surface area contributed by atoms with Crippen molar-refractivity contribution in [1.82, 2.24) is 4.98 Å². The van der Waals surface area contributed by atoms with E-state index in [4.69, 9.17) is 5.73 Å². The Morgan fingerprint density at radius 1 is 1.16 bits per heavy atom. The average Bonchev–Trinajstić information content (AvgIpc) is 2.46. The predicted octanol–water partition coefficient (Wildman–Crippen LogP) is 2.66. The molecule has 1 aliphatic heterocycles. The first-order valence-electron chi connectivity index (χ1n) is 6.78. The van der Waals surface area contributed by atoms with Crippen molar-refractivity contribution < 1.29 is 0 Å². The van der Waals surface area contributed by atoms with E-state index in [1.165, 1.54) is 11.1 Å². The SMILES string of the molecule is CC(N)c1cccnc1N1CCc2ccccc2C1. The van der Waals surface area contributed by atoms with Crippen LogP contribution in [-0.4, -0.2) is 11.5 Å². The fraction of sp³-hybridized carbons (Fsp3) is 0.312. The van der Waals surface area contributed by atoms with Gasteiger partial charge >= 0.3 is 0 Å². The third-order valence-electron chi connectivity index (χ3n) is 3.74. The monoisotopic (exact) mass is 253 g/mol. The van der Waals surface area contributed by atoms with Gasteiger partial charge < -0.3 is 10.6 Å². The average molecular weight is 253 g/mol. The molecule has 3 rings (SSSR count). The molecule has 1 aromatic heterocycles. The lowest BCUT2D eigenvalue weighted by Gasteiger charge is -2.31. The van der Waals surface area contributed by atoms with Crippen LogP contribution >= 0.6 is 0 Å². The van der Waals surface area contributed by atoms with Crippen molar-refractivity contribution in [3.05, 3.63) is 59.3 Å². The molecule has 0 aliphatic carbocycles. The number of hydrogen-bond acceptors (Lipinski definition) is 3. The molecule has 0 bridgehead atoms. The number of hydrogen-bond donors (Lipinski definition) is 1. The molecule has 2 aromatic rings. The maximum atomic E-state index is 6.05. The Balaban J connectivity index is 1.93. The van der Waals surface area contributed by atoms with Crippen molar-refractivity contribution in [3.8, 4) is 0 Å². The maximum absolute atomic E-state index is 6.05. The van der Waals surface area contributed by atoms with E-state index in [9.17, 15) is 0 Å². The van der Waals surface area contributed by atoms with Gasteiger partial charge in [-0.3, -0.25) is 0 Å². The summed E-state index contributed by atoms with van der Waals surface area (Å²) >= 11 is 0. The Bertz CT molecular complexity index is 578. The zero-order chi connectivity index (χ0) is 13.2. The molecule has 2 heterocycles. The molecule has 0 amide bonds. The maximum Gasteiger partial charge on any atom is 0.133 e. The van der Waals surface area contributed by atoms with Crippen LogP contribution in [0.15, 0.2) is 42.6 Å². The van der Waals surface area contributed by atoms with Gasteiger partial charge in [0, 0.05) is 30.9 Å². The first kappa shape index (κ1) is 12.2. The highest BCUT2D eigenvalue weighted by Crippen LogP contribution is 2.27. The Hall–Kier alpha value is -1.87. The van der Waals surface area contributed by atoms with Gasteiger partial charge in [-0.15, -0.1) is 0 Å². The third-order valence-corrected chi connectivity index (χ3v) is 3.74. The summed E-state index contributed by atoms with van der Waals surface area (Å²) in [7, 11) is 0. The number of anilines is 1. The molecule has 1 unspecified atom stereocenters. The summed E-state index contributed by atoms with van der Waals surface area (Å²) in [4.78, 5) is 6.88. The second-order valence-electron chi connectivity index (χ2n) is 5.15. The Labute approximate surface area is 114 Å². The smallest absolute Gasteiger partial charge is 0.133 e. The number of pyridine rings is 1. The van der Waals surface area contributed by atoms with E-state index in [0.29, 0.717) is 0 Å². The van der Waals surface area contributed by atoms with E-state index in [2.05, 4.69) is 40.2 Å². The van der Waals surface area contributed by atoms with E-state index in [-0.39, 0.29) is 6.04 Å². The van der Waals surface area contributed by atoms with Crippen molar-refractivity contribution in [2.75, 3.05) is 11.4 Å². The van der Waals surface area contributed by atoms with Crippen molar-refractivity contribution in [1.29, 1.82) is 0 Å². The summed E-state index contributed by atoms with van der Waals surface area (Å²) in [5.41, 5.74) is 10.0. The Morgan fingerprint density at radius 3 is 2.74 bits per heavy atom. The van der Waals surface area contributed by atoms with Crippen LogP contribution in [0.4, 0.5) is 5.82 Å². The third kappa shape index (κ3) is 2.34. The molecule has 3 nitrogen and oxygen atoms in total. The van der Waals surface area contributed by atoms with Gasteiger partial charge in [-0.1, -0.05) is 30.3 Å². The second-order valence-corrected chi connectivity index (χ2v) is 5.15.